The van der Waals surface area contributed by atoms with Gasteiger partial charge in [-0.05, 0) is 37.8 Å². The van der Waals surface area contributed by atoms with E-state index in [9.17, 15) is 0 Å². The summed E-state index contributed by atoms with van der Waals surface area (Å²) in [5.41, 5.74) is 0. The number of hydrogen-bond acceptors (Lipinski definition) is 2. The van der Waals surface area contributed by atoms with Crippen molar-refractivity contribution in [2.45, 2.75) is 52.4 Å². The predicted octanol–water partition coefficient (Wildman–Crippen LogP) is 4.34. The minimum Gasteiger partial charge on any atom is -0.299 e. The molecule has 0 fully saturated rings. The van der Waals surface area contributed by atoms with Crippen LogP contribution in [0.3, 0.4) is 0 Å². The summed E-state index contributed by atoms with van der Waals surface area (Å²) < 4.78 is 0. The average Bonchev–Trinajstić information content (AvgIpc) is 2.21. The summed E-state index contributed by atoms with van der Waals surface area (Å²) in [4.78, 5) is 9.59. The van der Waals surface area contributed by atoms with Crippen LogP contribution in [0.5, 0.6) is 0 Å². The Bertz CT molecular complexity index is 132. The lowest BCUT2D eigenvalue weighted by Crippen LogP contribution is -1.77. The van der Waals surface area contributed by atoms with Crippen LogP contribution < -0.4 is 0 Å². The van der Waals surface area contributed by atoms with E-state index in [1.165, 1.54) is 25.7 Å². The minimum absolute atomic E-state index is 1.05. The Hall–Kier alpha value is -0.920. The topological polar surface area (TPSA) is 18.5 Å². The summed E-state index contributed by atoms with van der Waals surface area (Å²) in [5.74, 6) is 0. The summed E-state index contributed by atoms with van der Waals surface area (Å²) >= 11 is 0. The Morgan fingerprint density at radius 1 is 0.786 bits per heavy atom. The lowest BCUT2D eigenvalue weighted by molar-refractivity contribution is -0.196. The third-order valence-corrected chi connectivity index (χ3v) is 1.81. The van der Waals surface area contributed by atoms with Crippen LogP contribution in [-0.2, 0) is 9.78 Å². The van der Waals surface area contributed by atoms with Gasteiger partial charge < -0.3 is 0 Å². The van der Waals surface area contributed by atoms with Crippen LogP contribution in [0.15, 0.2) is 24.7 Å². The maximum absolute atomic E-state index is 4.79. The molecule has 0 aliphatic carbocycles. The summed E-state index contributed by atoms with van der Waals surface area (Å²) in [6.07, 6.45) is 14.1. The van der Waals surface area contributed by atoms with E-state index in [2.05, 4.69) is 13.8 Å². The van der Waals surface area contributed by atoms with Gasteiger partial charge in [0.05, 0.1) is 0 Å². The number of rotatable bonds is 9. The van der Waals surface area contributed by atoms with Gasteiger partial charge in [-0.3, -0.25) is 9.78 Å². The van der Waals surface area contributed by atoms with Crippen LogP contribution in [0.2, 0.25) is 0 Å². The Morgan fingerprint density at radius 3 is 1.57 bits per heavy atom. The van der Waals surface area contributed by atoms with E-state index in [-0.39, 0.29) is 0 Å². The molecule has 0 N–H and O–H groups in total. The van der Waals surface area contributed by atoms with Crippen molar-refractivity contribution in [1.29, 1.82) is 0 Å². The second kappa shape index (κ2) is 12.1. The molecule has 0 aromatic carbocycles. The molecule has 0 aromatic rings. The summed E-state index contributed by atoms with van der Waals surface area (Å²) in [5, 5.41) is 0. The minimum atomic E-state index is 1.05. The zero-order valence-corrected chi connectivity index (χ0v) is 9.37. The fraction of sp³-hybridized carbons (Fsp3) is 0.667. The van der Waals surface area contributed by atoms with Gasteiger partial charge in [-0.25, -0.2) is 0 Å². The Labute approximate surface area is 87.5 Å². The Morgan fingerprint density at radius 2 is 1.21 bits per heavy atom. The predicted molar refractivity (Wildman–Crippen MR) is 59.5 cm³/mol. The van der Waals surface area contributed by atoms with Crippen molar-refractivity contribution in [2.75, 3.05) is 0 Å². The van der Waals surface area contributed by atoms with Crippen molar-refractivity contribution in [2.24, 2.45) is 0 Å². The molecule has 0 aliphatic rings. The molecule has 0 unspecified atom stereocenters. The molecular formula is C12H22O2. The molecule has 82 valence electrons. The molecule has 0 rings (SSSR count). The zero-order valence-electron chi connectivity index (χ0n) is 9.37. The van der Waals surface area contributed by atoms with Gasteiger partial charge in [0, 0.05) is 0 Å². The average molecular weight is 198 g/mol. The standard InChI is InChI=1S/C12H22O2/c1-3-5-7-9-11-13-14-12-10-8-6-4-2/h9-12H,3-8H2,1-2H3/b11-9+,12-10+. The fourth-order valence-electron chi connectivity index (χ4n) is 0.923. The molecule has 0 amide bonds. The van der Waals surface area contributed by atoms with Crippen LogP contribution in [0.4, 0.5) is 0 Å². The van der Waals surface area contributed by atoms with E-state index in [4.69, 9.17) is 9.78 Å². The molecule has 0 spiro atoms. The Kier molecular flexibility index (Phi) is 11.3. The first-order chi connectivity index (χ1) is 6.91. The van der Waals surface area contributed by atoms with Gasteiger partial charge in [0.15, 0.2) is 0 Å². The second-order valence-corrected chi connectivity index (χ2v) is 3.22. The summed E-state index contributed by atoms with van der Waals surface area (Å²) in [7, 11) is 0. The number of hydrogen-bond donors (Lipinski definition) is 0. The van der Waals surface area contributed by atoms with E-state index in [1.807, 2.05) is 12.2 Å². The highest BCUT2D eigenvalue weighted by Gasteiger charge is 1.80. The van der Waals surface area contributed by atoms with Gasteiger partial charge in [0.25, 0.3) is 0 Å². The van der Waals surface area contributed by atoms with Crippen LogP contribution >= 0.6 is 0 Å². The monoisotopic (exact) mass is 198 g/mol. The van der Waals surface area contributed by atoms with Crippen LogP contribution in [-0.4, -0.2) is 0 Å². The molecule has 0 aliphatic heterocycles. The van der Waals surface area contributed by atoms with Gasteiger partial charge in [0.2, 0.25) is 0 Å². The van der Waals surface area contributed by atoms with Crippen molar-refractivity contribution < 1.29 is 9.78 Å². The smallest absolute Gasteiger partial charge is 0.138 e. The van der Waals surface area contributed by atoms with Crippen LogP contribution in [0.1, 0.15) is 52.4 Å². The van der Waals surface area contributed by atoms with E-state index >= 15 is 0 Å². The largest absolute Gasteiger partial charge is 0.299 e. The van der Waals surface area contributed by atoms with E-state index in [1.54, 1.807) is 12.5 Å². The lowest BCUT2D eigenvalue weighted by atomic mass is 10.2. The van der Waals surface area contributed by atoms with E-state index in [0.29, 0.717) is 0 Å². The van der Waals surface area contributed by atoms with Crippen molar-refractivity contribution in [3.8, 4) is 0 Å². The normalized spacial score (nSPS) is 11.3. The molecule has 0 saturated carbocycles. The molecule has 0 bridgehead atoms. The second-order valence-electron chi connectivity index (χ2n) is 3.22. The maximum Gasteiger partial charge on any atom is 0.138 e. The Balaban J connectivity index is 3.11. The molecule has 0 saturated heterocycles. The highest BCUT2D eigenvalue weighted by molar-refractivity contribution is 4.73. The van der Waals surface area contributed by atoms with Crippen molar-refractivity contribution in [3.63, 3.8) is 0 Å². The molecule has 2 nitrogen and oxygen atoms in total. The third kappa shape index (κ3) is 11.1. The molecular weight excluding hydrogens is 176 g/mol. The third-order valence-electron chi connectivity index (χ3n) is 1.81. The highest BCUT2D eigenvalue weighted by Crippen LogP contribution is 1.97. The molecule has 14 heavy (non-hydrogen) atoms. The fourth-order valence-corrected chi connectivity index (χ4v) is 0.923. The molecule has 2 heteroatoms. The highest BCUT2D eigenvalue weighted by atomic mass is 17.2. The van der Waals surface area contributed by atoms with Crippen LogP contribution in [0, 0.1) is 0 Å². The first-order valence-electron chi connectivity index (χ1n) is 5.54. The first-order valence-corrected chi connectivity index (χ1v) is 5.54. The maximum atomic E-state index is 4.79. The van der Waals surface area contributed by atoms with Gasteiger partial charge >= 0.3 is 0 Å². The SMILES string of the molecule is CCCC/C=C/OO/C=C/CCCC. The van der Waals surface area contributed by atoms with Gasteiger partial charge in [-0.1, -0.05) is 26.7 Å². The van der Waals surface area contributed by atoms with Crippen molar-refractivity contribution in [3.05, 3.63) is 24.7 Å². The number of unbranched alkanes of at least 4 members (excludes halogenated alkanes) is 4. The molecule has 0 heterocycles. The van der Waals surface area contributed by atoms with Gasteiger partial charge in [-0.15, -0.1) is 0 Å². The molecule has 0 radical (unpaired) electrons. The zero-order chi connectivity index (χ0) is 10.5. The summed E-state index contributed by atoms with van der Waals surface area (Å²) in [6.45, 7) is 4.34. The van der Waals surface area contributed by atoms with E-state index < -0.39 is 0 Å². The summed E-state index contributed by atoms with van der Waals surface area (Å²) in [6, 6.07) is 0. The molecule has 0 atom stereocenters. The van der Waals surface area contributed by atoms with Crippen molar-refractivity contribution in [1.82, 2.24) is 0 Å². The van der Waals surface area contributed by atoms with E-state index in [0.717, 1.165) is 12.8 Å². The van der Waals surface area contributed by atoms with Crippen molar-refractivity contribution >= 4 is 0 Å². The first kappa shape index (κ1) is 13.1. The quantitative estimate of drug-likeness (QED) is 0.237. The van der Waals surface area contributed by atoms with Crippen LogP contribution in [0.25, 0.3) is 0 Å². The lowest BCUT2D eigenvalue weighted by Gasteiger charge is -1.94. The molecule has 0 aromatic heterocycles. The van der Waals surface area contributed by atoms with Gasteiger partial charge in [0.1, 0.15) is 12.5 Å². The number of allylic oxidation sites excluding steroid dienone is 2. The van der Waals surface area contributed by atoms with Gasteiger partial charge in [-0.2, -0.15) is 0 Å².